The molecule has 0 radical (unpaired) electrons. The first kappa shape index (κ1) is 18.7. The topological polar surface area (TPSA) is 75.1 Å². The van der Waals surface area contributed by atoms with Crippen molar-refractivity contribution in [3.8, 4) is 11.1 Å². The predicted molar refractivity (Wildman–Crippen MR) is 110 cm³/mol. The van der Waals surface area contributed by atoms with Crippen molar-refractivity contribution in [2.75, 3.05) is 5.32 Å². The number of halogens is 1. The van der Waals surface area contributed by atoms with E-state index in [0.29, 0.717) is 35.2 Å². The number of aromatic amines is 1. The summed E-state index contributed by atoms with van der Waals surface area (Å²) < 4.78 is 18.9. The molecule has 3 aromatic carbocycles. The van der Waals surface area contributed by atoms with Gasteiger partial charge in [-0.2, -0.15) is 0 Å². The van der Waals surface area contributed by atoms with Gasteiger partial charge in [-0.15, -0.1) is 0 Å². The largest absolute Gasteiger partial charge is 0.417 e. The third kappa shape index (κ3) is 4.43. The monoisotopic (exact) mass is 390 g/mol. The molecule has 0 aliphatic rings. The minimum Gasteiger partial charge on any atom is -0.408 e. The van der Waals surface area contributed by atoms with Crippen LogP contribution in [0.2, 0.25) is 0 Å². The Morgan fingerprint density at radius 2 is 1.83 bits per heavy atom. The van der Waals surface area contributed by atoms with Crippen molar-refractivity contribution in [2.45, 2.75) is 19.3 Å². The van der Waals surface area contributed by atoms with E-state index in [1.54, 1.807) is 30.3 Å². The number of hydrogen-bond donors (Lipinski definition) is 2. The van der Waals surface area contributed by atoms with E-state index in [2.05, 4.69) is 10.3 Å². The maximum absolute atomic E-state index is 13.9. The van der Waals surface area contributed by atoms with Gasteiger partial charge >= 0.3 is 5.76 Å². The van der Waals surface area contributed by atoms with Crippen molar-refractivity contribution < 1.29 is 13.6 Å². The van der Waals surface area contributed by atoms with Crippen LogP contribution in [-0.4, -0.2) is 10.9 Å². The predicted octanol–water partition coefficient (Wildman–Crippen LogP) is 4.89. The summed E-state index contributed by atoms with van der Waals surface area (Å²) >= 11 is 0. The number of nitrogens with one attached hydrogen (secondary N) is 2. The van der Waals surface area contributed by atoms with Crippen LogP contribution in [0.25, 0.3) is 22.2 Å². The molecule has 0 fully saturated rings. The van der Waals surface area contributed by atoms with E-state index in [1.807, 2.05) is 30.3 Å². The van der Waals surface area contributed by atoms with Crippen LogP contribution in [0.5, 0.6) is 0 Å². The molecule has 6 heteroatoms. The second kappa shape index (κ2) is 8.14. The maximum Gasteiger partial charge on any atom is 0.417 e. The minimum atomic E-state index is -0.524. The summed E-state index contributed by atoms with van der Waals surface area (Å²) in [5, 5.41) is 2.81. The van der Waals surface area contributed by atoms with E-state index >= 15 is 0 Å². The zero-order chi connectivity index (χ0) is 20.2. The molecule has 1 heterocycles. The zero-order valence-electron chi connectivity index (χ0n) is 15.6. The molecule has 0 saturated carbocycles. The van der Waals surface area contributed by atoms with Gasteiger partial charge < -0.3 is 9.73 Å². The summed E-state index contributed by atoms with van der Waals surface area (Å²) in [4.78, 5) is 25.9. The Morgan fingerprint density at radius 1 is 1.03 bits per heavy atom. The number of fused-ring (bicyclic) bond motifs is 1. The molecule has 2 N–H and O–H groups in total. The molecule has 4 rings (SSSR count). The highest BCUT2D eigenvalue weighted by Gasteiger charge is 2.07. The maximum atomic E-state index is 13.9. The van der Waals surface area contributed by atoms with Crippen LogP contribution < -0.4 is 11.1 Å². The first-order valence-corrected chi connectivity index (χ1v) is 9.35. The molecule has 1 aromatic heterocycles. The molecule has 4 aromatic rings. The SMILES string of the molecule is O=C(CCCc1ccc(-c2ccccc2F)cc1)Nc1ccc2[nH]c(=O)oc2c1. The fourth-order valence-corrected chi connectivity index (χ4v) is 3.25. The van der Waals surface area contributed by atoms with Gasteiger partial charge in [-0.1, -0.05) is 42.5 Å². The molecule has 0 saturated heterocycles. The lowest BCUT2D eigenvalue weighted by Crippen LogP contribution is -2.11. The van der Waals surface area contributed by atoms with Crippen LogP contribution in [0.3, 0.4) is 0 Å². The fourth-order valence-electron chi connectivity index (χ4n) is 3.25. The Morgan fingerprint density at radius 3 is 2.62 bits per heavy atom. The van der Waals surface area contributed by atoms with Gasteiger partial charge in [-0.05, 0) is 42.2 Å². The second-order valence-corrected chi connectivity index (χ2v) is 6.80. The number of anilines is 1. The minimum absolute atomic E-state index is 0.106. The summed E-state index contributed by atoms with van der Waals surface area (Å²) in [6.07, 6.45) is 1.80. The first-order valence-electron chi connectivity index (χ1n) is 9.35. The van der Waals surface area contributed by atoms with Gasteiger partial charge in [0.15, 0.2) is 5.58 Å². The van der Waals surface area contributed by atoms with E-state index in [1.165, 1.54) is 6.07 Å². The van der Waals surface area contributed by atoms with Gasteiger partial charge in [0.05, 0.1) is 5.52 Å². The van der Waals surface area contributed by atoms with Crippen molar-refractivity contribution in [3.05, 3.63) is 88.7 Å². The van der Waals surface area contributed by atoms with Gasteiger partial charge in [0.25, 0.3) is 0 Å². The third-order valence-electron chi connectivity index (χ3n) is 4.71. The first-order chi connectivity index (χ1) is 14.1. The highest BCUT2D eigenvalue weighted by Crippen LogP contribution is 2.23. The number of H-pyrrole nitrogens is 1. The average Bonchev–Trinajstić information content (AvgIpc) is 3.08. The van der Waals surface area contributed by atoms with Crippen molar-refractivity contribution >= 4 is 22.7 Å². The number of hydrogen-bond acceptors (Lipinski definition) is 3. The van der Waals surface area contributed by atoms with E-state index < -0.39 is 5.76 Å². The number of aromatic nitrogens is 1. The van der Waals surface area contributed by atoms with Gasteiger partial charge in [0.1, 0.15) is 5.82 Å². The molecular weight excluding hydrogens is 371 g/mol. The highest BCUT2D eigenvalue weighted by atomic mass is 19.1. The number of rotatable bonds is 6. The molecule has 0 bridgehead atoms. The number of amides is 1. The van der Waals surface area contributed by atoms with E-state index in [4.69, 9.17) is 4.42 Å². The van der Waals surface area contributed by atoms with E-state index in [0.717, 1.165) is 17.5 Å². The molecule has 1 amide bonds. The molecule has 0 unspecified atom stereocenters. The Bertz CT molecular complexity index is 1210. The highest BCUT2D eigenvalue weighted by molar-refractivity contribution is 5.92. The number of benzene rings is 3. The van der Waals surface area contributed by atoms with E-state index in [-0.39, 0.29) is 11.7 Å². The van der Waals surface area contributed by atoms with Gasteiger partial charge in [0, 0.05) is 23.7 Å². The summed E-state index contributed by atoms with van der Waals surface area (Å²) in [5.74, 6) is -0.872. The van der Waals surface area contributed by atoms with Gasteiger partial charge in [-0.25, -0.2) is 9.18 Å². The Kier molecular flexibility index (Phi) is 5.24. The van der Waals surface area contributed by atoms with Gasteiger partial charge in [0.2, 0.25) is 5.91 Å². The molecular formula is C23H19FN2O3. The zero-order valence-corrected chi connectivity index (χ0v) is 15.6. The summed E-state index contributed by atoms with van der Waals surface area (Å²) in [7, 11) is 0. The van der Waals surface area contributed by atoms with Crippen molar-refractivity contribution in [1.29, 1.82) is 0 Å². The fraction of sp³-hybridized carbons (Fsp3) is 0.130. The molecule has 0 aliphatic heterocycles. The lowest BCUT2D eigenvalue weighted by atomic mass is 10.0. The lowest BCUT2D eigenvalue weighted by molar-refractivity contribution is -0.116. The van der Waals surface area contributed by atoms with Crippen LogP contribution in [-0.2, 0) is 11.2 Å². The summed E-state index contributed by atoms with van der Waals surface area (Å²) in [6.45, 7) is 0. The van der Waals surface area contributed by atoms with Crippen LogP contribution in [0, 0.1) is 5.82 Å². The quantitative estimate of drug-likeness (QED) is 0.492. The van der Waals surface area contributed by atoms with E-state index in [9.17, 15) is 14.0 Å². The van der Waals surface area contributed by atoms with Crippen LogP contribution >= 0.6 is 0 Å². The second-order valence-electron chi connectivity index (χ2n) is 6.80. The lowest BCUT2D eigenvalue weighted by Gasteiger charge is -2.07. The van der Waals surface area contributed by atoms with Crippen LogP contribution in [0.4, 0.5) is 10.1 Å². The molecule has 0 atom stereocenters. The third-order valence-corrected chi connectivity index (χ3v) is 4.71. The molecule has 146 valence electrons. The Labute approximate surface area is 166 Å². The van der Waals surface area contributed by atoms with Gasteiger partial charge in [-0.3, -0.25) is 9.78 Å². The van der Waals surface area contributed by atoms with Crippen molar-refractivity contribution in [3.63, 3.8) is 0 Å². The number of carbonyl (C=O) groups excluding carboxylic acids is 1. The normalized spacial score (nSPS) is 10.9. The number of oxazole rings is 1. The number of aryl methyl sites for hydroxylation is 1. The summed E-state index contributed by atoms with van der Waals surface area (Å²) in [5.41, 5.74) is 4.08. The van der Waals surface area contributed by atoms with Crippen LogP contribution in [0.1, 0.15) is 18.4 Å². The molecule has 29 heavy (non-hydrogen) atoms. The summed E-state index contributed by atoms with van der Waals surface area (Å²) in [6, 6.07) is 19.4. The Balaban J connectivity index is 1.30. The Hall–Kier alpha value is -3.67. The standard InChI is InChI=1S/C23H19FN2O3/c24-19-6-2-1-5-18(19)16-10-8-15(9-11-16)4-3-7-22(27)25-17-12-13-20-21(14-17)29-23(28)26-20/h1-2,5-6,8-14H,3-4,7H2,(H,25,27)(H,26,28). The van der Waals surface area contributed by atoms with Crippen LogP contribution in [0.15, 0.2) is 75.9 Å². The average molecular weight is 390 g/mol. The molecule has 5 nitrogen and oxygen atoms in total. The van der Waals surface area contributed by atoms with Crippen molar-refractivity contribution in [2.24, 2.45) is 0 Å². The molecule has 0 spiro atoms. The molecule has 0 aliphatic carbocycles. The smallest absolute Gasteiger partial charge is 0.408 e. The number of carbonyl (C=O) groups is 1. The van der Waals surface area contributed by atoms with Crippen molar-refractivity contribution in [1.82, 2.24) is 4.98 Å².